The fourth-order valence-corrected chi connectivity index (χ4v) is 1.35. The molecule has 0 aliphatic heterocycles. The van der Waals surface area contributed by atoms with Crippen molar-refractivity contribution in [2.24, 2.45) is 0 Å². The van der Waals surface area contributed by atoms with Crippen molar-refractivity contribution in [1.82, 2.24) is 9.78 Å². The minimum absolute atomic E-state index is 0.438. The van der Waals surface area contributed by atoms with Gasteiger partial charge in [-0.2, -0.15) is 27.1 Å². The molecule has 0 aliphatic rings. The van der Waals surface area contributed by atoms with E-state index in [9.17, 15) is 22.0 Å². The van der Waals surface area contributed by atoms with Crippen molar-refractivity contribution in [2.75, 3.05) is 0 Å². The van der Waals surface area contributed by atoms with Crippen LogP contribution in [0.3, 0.4) is 0 Å². The second-order valence-electron chi connectivity index (χ2n) is 3.69. The molecule has 1 rings (SSSR count). The lowest BCUT2D eigenvalue weighted by atomic mass is 10.2. The summed E-state index contributed by atoms with van der Waals surface area (Å²) in [4.78, 5) is 0. The summed E-state index contributed by atoms with van der Waals surface area (Å²) in [5.74, 6) is -0.553. The van der Waals surface area contributed by atoms with Crippen LogP contribution in [0.25, 0.3) is 0 Å². The van der Waals surface area contributed by atoms with Crippen LogP contribution in [0.2, 0.25) is 0 Å². The molecule has 0 aliphatic carbocycles. The molecule has 0 N–H and O–H groups in total. The Morgan fingerprint density at radius 3 is 2.12 bits per heavy atom. The van der Waals surface area contributed by atoms with Gasteiger partial charge in [-0.05, 0) is 20.8 Å². The normalized spacial score (nSPS) is 12.6. The van der Waals surface area contributed by atoms with Crippen LogP contribution < -0.4 is 4.74 Å². The molecule has 0 atom stereocenters. The Kier molecular flexibility index (Phi) is 3.63. The number of nitrogens with zero attached hydrogens (tertiary/aromatic N) is 2. The average Bonchev–Trinajstić information content (AvgIpc) is 2.42. The van der Waals surface area contributed by atoms with Crippen molar-refractivity contribution in [3.05, 3.63) is 11.3 Å². The van der Waals surface area contributed by atoms with Crippen molar-refractivity contribution in [2.45, 2.75) is 39.6 Å². The molecular weight excluding hydrogens is 247 g/mol. The molecule has 8 heteroatoms. The van der Waals surface area contributed by atoms with Gasteiger partial charge in [0.05, 0.1) is 6.04 Å². The maximum atomic E-state index is 12.5. The van der Waals surface area contributed by atoms with Gasteiger partial charge in [-0.15, -0.1) is 0 Å². The zero-order valence-corrected chi connectivity index (χ0v) is 9.35. The highest BCUT2D eigenvalue weighted by atomic mass is 19.4. The SMILES string of the molecule is Cc1c(C(F)(F)F)nn(C(C)C)c1OC(F)F. The van der Waals surface area contributed by atoms with Crippen molar-refractivity contribution < 1.29 is 26.7 Å². The molecule has 0 radical (unpaired) electrons. The molecule has 0 bridgehead atoms. The molecular formula is C9H11F5N2O. The van der Waals surface area contributed by atoms with Crippen LogP contribution >= 0.6 is 0 Å². The summed E-state index contributed by atoms with van der Waals surface area (Å²) in [7, 11) is 0. The first-order valence-electron chi connectivity index (χ1n) is 4.75. The van der Waals surface area contributed by atoms with Crippen molar-refractivity contribution in [1.29, 1.82) is 0 Å². The third-order valence-electron chi connectivity index (χ3n) is 2.05. The Morgan fingerprint density at radius 2 is 1.76 bits per heavy atom. The smallest absolute Gasteiger partial charge is 0.417 e. The number of alkyl halides is 5. The van der Waals surface area contributed by atoms with Gasteiger partial charge >= 0.3 is 12.8 Å². The summed E-state index contributed by atoms with van der Waals surface area (Å²) >= 11 is 0. The number of aromatic nitrogens is 2. The van der Waals surface area contributed by atoms with Gasteiger partial charge in [0.15, 0.2) is 5.69 Å². The Morgan fingerprint density at radius 1 is 1.24 bits per heavy atom. The molecule has 98 valence electrons. The molecule has 0 saturated carbocycles. The first kappa shape index (κ1) is 13.7. The predicted molar refractivity (Wildman–Crippen MR) is 49.0 cm³/mol. The van der Waals surface area contributed by atoms with Crippen molar-refractivity contribution >= 4 is 0 Å². The van der Waals surface area contributed by atoms with E-state index in [1.54, 1.807) is 0 Å². The lowest BCUT2D eigenvalue weighted by Gasteiger charge is -2.11. The second-order valence-corrected chi connectivity index (χ2v) is 3.69. The molecule has 0 unspecified atom stereocenters. The monoisotopic (exact) mass is 258 g/mol. The van der Waals surface area contributed by atoms with Crippen LogP contribution in [0.4, 0.5) is 22.0 Å². The van der Waals surface area contributed by atoms with Gasteiger partial charge in [-0.1, -0.05) is 0 Å². The highest BCUT2D eigenvalue weighted by Crippen LogP contribution is 2.36. The lowest BCUT2D eigenvalue weighted by molar-refractivity contribution is -0.142. The van der Waals surface area contributed by atoms with E-state index in [4.69, 9.17) is 0 Å². The molecule has 0 aromatic carbocycles. The molecule has 1 heterocycles. The van der Waals surface area contributed by atoms with E-state index < -0.39 is 36.0 Å². The Balaban J connectivity index is 3.30. The van der Waals surface area contributed by atoms with Crippen molar-refractivity contribution in [3.8, 4) is 5.88 Å². The van der Waals surface area contributed by atoms with Gasteiger partial charge in [-0.3, -0.25) is 0 Å². The van der Waals surface area contributed by atoms with Crippen LogP contribution in [0.15, 0.2) is 0 Å². The topological polar surface area (TPSA) is 27.1 Å². The maximum Gasteiger partial charge on any atom is 0.435 e. The summed E-state index contributed by atoms with van der Waals surface area (Å²) in [6.07, 6.45) is -4.69. The fourth-order valence-electron chi connectivity index (χ4n) is 1.35. The Hall–Kier alpha value is -1.34. The highest BCUT2D eigenvalue weighted by Gasteiger charge is 2.39. The van der Waals surface area contributed by atoms with Gasteiger partial charge in [-0.25, -0.2) is 4.68 Å². The summed E-state index contributed by atoms with van der Waals surface area (Å²) in [6.45, 7) is 0.895. The standard InChI is InChI=1S/C9H11F5N2O/c1-4(2)16-7(17-8(10)11)5(3)6(15-16)9(12,13)14/h4,8H,1-3H3. The molecule has 3 nitrogen and oxygen atoms in total. The molecule has 1 aromatic heterocycles. The molecule has 17 heavy (non-hydrogen) atoms. The third kappa shape index (κ3) is 2.86. The van der Waals surface area contributed by atoms with E-state index in [0.717, 1.165) is 11.6 Å². The number of halogens is 5. The number of rotatable bonds is 3. The average molecular weight is 258 g/mol. The minimum atomic E-state index is -4.69. The van der Waals surface area contributed by atoms with E-state index in [1.165, 1.54) is 13.8 Å². The van der Waals surface area contributed by atoms with E-state index in [-0.39, 0.29) is 0 Å². The molecule has 0 spiro atoms. The van der Waals surface area contributed by atoms with Crippen LogP contribution in [0.5, 0.6) is 5.88 Å². The van der Waals surface area contributed by atoms with Gasteiger partial charge < -0.3 is 4.74 Å². The van der Waals surface area contributed by atoms with Gasteiger partial charge in [0, 0.05) is 5.56 Å². The van der Waals surface area contributed by atoms with Crippen LogP contribution in [-0.2, 0) is 6.18 Å². The maximum absolute atomic E-state index is 12.5. The third-order valence-corrected chi connectivity index (χ3v) is 2.05. The summed E-state index contributed by atoms with van der Waals surface area (Å²) in [6, 6.07) is -0.515. The minimum Gasteiger partial charge on any atom is -0.417 e. The Labute approximate surface area is 94.2 Å². The summed E-state index contributed by atoms with van der Waals surface area (Å²) in [5, 5.41) is 3.27. The van der Waals surface area contributed by atoms with Crippen LogP contribution in [-0.4, -0.2) is 16.4 Å². The fraction of sp³-hybridized carbons (Fsp3) is 0.667. The predicted octanol–water partition coefficient (Wildman–Crippen LogP) is 3.39. The molecule has 0 saturated heterocycles. The van der Waals surface area contributed by atoms with E-state index in [0.29, 0.717) is 0 Å². The first-order valence-corrected chi connectivity index (χ1v) is 4.75. The van der Waals surface area contributed by atoms with Crippen molar-refractivity contribution in [3.63, 3.8) is 0 Å². The summed E-state index contributed by atoms with van der Waals surface area (Å²) in [5.41, 5.74) is -1.65. The Bertz CT molecular complexity index is 397. The highest BCUT2D eigenvalue weighted by molar-refractivity contribution is 5.32. The number of hydrogen-bond acceptors (Lipinski definition) is 2. The van der Waals surface area contributed by atoms with Gasteiger partial charge in [0.25, 0.3) is 0 Å². The molecule has 0 fully saturated rings. The number of hydrogen-bond donors (Lipinski definition) is 0. The van der Waals surface area contributed by atoms with Gasteiger partial charge in [0.1, 0.15) is 0 Å². The van der Waals surface area contributed by atoms with Crippen LogP contribution in [0, 0.1) is 6.92 Å². The van der Waals surface area contributed by atoms with E-state index >= 15 is 0 Å². The van der Waals surface area contributed by atoms with E-state index in [2.05, 4.69) is 9.84 Å². The quantitative estimate of drug-likeness (QED) is 0.777. The first-order chi connectivity index (χ1) is 7.64. The zero-order valence-electron chi connectivity index (χ0n) is 9.35. The van der Waals surface area contributed by atoms with Crippen LogP contribution in [0.1, 0.15) is 31.1 Å². The zero-order chi connectivity index (χ0) is 13.4. The lowest BCUT2D eigenvalue weighted by Crippen LogP contribution is -2.11. The second kappa shape index (κ2) is 4.50. The molecule has 1 aromatic rings. The van der Waals surface area contributed by atoms with Gasteiger partial charge in [0.2, 0.25) is 5.88 Å². The number of ether oxygens (including phenoxy) is 1. The molecule has 0 amide bonds. The van der Waals surface area contributed by atoms with E-state index in [1.807, 2.05) is 0 Å². The largest absolute Gasteiger partial charge is 0.435 e. The summed E-state index contributed by atoms with van der Waals surface area (Å²) < 4.78 is 66.7.